The fraction of sp³-hybridized carbons (Fsp3) is 0.417. The van der Waals surface area contributed by atoms with E-state index < -0.39 is 0 Å². The van der Waals surface area contributed by atoms with E-state index in [0.29, 0.717) is 5.75 Å². The molecule has 1 aromatic rings. The first-order chi connectivity index (χ1) is 8.24. The van der Waals surface area contributed by atoms with E-state index in [0.717, 1.165) is 23.7 Å². The van der Waals surface area contributed by atoms with E-state index in [4.69, 9.17) is 11.6 Å². The van der Waals surface area contributed by atoms with E-state index in [2.05, 4.69) is 5.32 Å². The maximum Gasteiger partial charge on any atom is 0.234 e. The van der Waals surface area contributed by atoms with Crippen LogP contribution in [0.3, 0.4) is 0 Å². The molecule has 17 heavy (non-hydrogen) atoms. The summed E-state index contributed by atoms with van der Waals surface area (Å²) in [5.74, 6) is 0.765. The second-order valence-corrected chi connectivity index (χ2v) is 5.44. The number of halogens is 1. The highest BCUT2D eigenvalue weighted by Crippen LogP contribution is 2.40. The van der Waals surface area contributed by atoms with Crippen LogP contribution in [0.1, 0.15) is 10.9 Å². The molecule has 1 atom stereocenters. The van der Waals surface area contributed by atoms with Crippen molar-refractivity contribution in [2.24, 2.45) is 0 Å². The van der Waals surface area contributed by atoms with Gasteiger partial charge in [-0.1, -0.05) is 29.8 Å². The van der Waals surface area contributed by atoms with E-state index in [1.54, 1.807) is 11.8 Å². The zero-order valence-electron chi connectivity index (χ0n) is 9.73. The van der Waals surface area contributed by atoms with Gasteiger partial charge in [-0.3, -0.25) is 4.79 Å². The highest BCUT2D eigenvalue weighted by molar-refractivity contribution is 8.00. The molecule has 1 heterocycles. The molecule has 1 aliphatic heterocycles. The molecular weight excluding hydrogens is 256 g/mol. The van der Waals surface area contributed by atoms with E-state index >= 15 is 0 Å². The SMILES string of the molecule is C[NH2+]CCN1C(=O)CS[C@H]1c1ccccc1Cl. The first kappa shape index (κ1) is 12.7. The molecule has 2 N–H and O–H groups in total. The number of hydrogen-bond donors (Lipinski definition) is 1. The number of quaternary nitrogens is 1. The summed E-state index contributed by atoms with van der Waals surface area (Å²) in [6.07, 6.45) is 0. The van der Waals surface area contributed by atoms with Crippen LogP contribution >= 0.6 is 23.4 Å². The van der Waals surface area contributed by atoms with Gasteiger partial charge < -0.3 is 10.2 Å². The maximum absolute atomic E-state index is 11.8. The molecule has 0 bridgehead atoms. The Morgan fingerprint density at radius 3 is 3.00 bits per heavy atom. The van der Waals surface area contributed by atoms with Crippen LogP contribution in [0.15, 0.2) is 24.3 Å². The third-order valence-electron chi connectivity index (χ3n) is 2.80. The normalized spacial score (nSPS) is 20.0. The topological polar surface area (TPSA) is 36.9 Å². The van der Waals surface area contributed by atoms with Crippen molar-refractivity contribution in [3.05, 3.63) is 34.9 Å². The van der Waals surface area contributed by atoms with Crippen LogP contribution in [0.25, 0.3) is 0 Å². The molecule has 0 unspecified atom stereocenters. The number of carbonyl (C=O) groups excluding carboxylic acids is 1. The van der Waals surface area contributed by atoms with Gasteiger partial charge in [0.05, 0.1) is 25.9 Å². The third-order valence-corrected chi connectivity index (χ3v) is 4.38. The van der Waals surface area contributed by atoms with E-state index in [9.17, 15) is 4.79 Å². The Morgan fingerprint density at radius 1 is 1.53 bits per heavy atom. The Labute approximate surface area is 111 Å². The predicted molar refractivity (Wildman–Crippen MR) is 71.1 cm³/mol. The molecule has 1 aliphatic rings. The number of carbonyl (C=O) groups is 1. The fourth-order valence-corrected chi connectivity index (χ4v) is 3.46. The molecule has 0 aromatic heterocycles. The highest BCUT2D eigenvalue weighted by Gasteiger charge is 2.33. The summed E-state index contributed by atoms with van der Waals surface area (Å²) >= 11 is 7.85. The molecular formula is C12H16ClN2OS+. The van der Waals surface area contributed by atoms with E-state index in [1.807, 2.05) is 36.2 Å². The minimum atomic E-state index is 0.0798. The maximum atomic E-state index is 11.8. The van der Waals surface area contributed by atoms with Crippen LogP contribution < -0.4 is 5.32 Å². The monoisotopic (exact) mass is 271 g/mol. The van der Waals surface area contributed by atoms with Crippen molar-refractivity contribution >= 4 is 29.3 Å². The lowest BCUT2D eigenvalue weighted by molar-refractivity contribution is -0.626. The first-order valence-corrected chi connectivity index (χ1v) is 7.10. The molecule has 0 saturated carbocycles. The Kier molecular flexibility index (Phi) is 4.31. The standard InChI is InChI=1S/C12H15ClN2OS/c1-14-6-7-15-11(16)8-17-12(15)9-4-2-3-5-10(9)13/h2-5,12,14H,6-8H2,1H3/p+1/t12-/m0/s1. The average molecular weight is 272 g/mol. The summed E-state index contributed by atoms with van der Waals surface area (Å²) in [6.45, 7) is 1.70. The number of nitrogens with two attached hydrogens (primary N) is 1. The van der Waals surface area contributed by atoms with Gasteiger partial charge in [0.1, 0.15) is 5.37 Å². The van der Waals surface area contributed by atoms with Crippen LogP contribution in [-0.4, -0.2) is 36.7 Å². The van der Waals surface area contributed by atoms with Gasteiger partial charge in [0.25, 0.3) is 0 Å². The second-order valence-electron chi connectivity index (χ2n) is 3.97. The van der Waals surface area contributed by atoms with Crippen LogP contribution in [0.4, 0.5) is 0 Å². The summed E-state index contributed by atoms with van der Waals surface area (Å²) in [5, 5.41) is 2.90. The van der Waals surface area contributed by atoms with Crippen molar-refractivity contribution in [2.45, 2.75) is 5.37 Å². The lowest BCUT2D eigenvalue weighted by Crippen LogP contribution is -2.81. The summed E-state index contributed by atoms with van der Waals surface area (Å²) in [5.41, 5.74) is 1.04. The molecule has 3 nitrogen and oxygen atoms in total. The molecule has 1 aromatic carbocycles. The van der Waals surface area contributed by atoms with Crippen molar-refractivity contribution < 1.29 is 10.1 Å². The number of thioether (sulfide) groups is 1. The van der Waals surface area contributed by atoms with Crippen molar-refractivity contribution in [3.8, 4) is 0 Å². The molecule has 0 spiro atoms. The first-order valence-electron chi connectivity index (χ1n) is 5.67. The Morgan fingerprint density at radius 2 is 2.29 bits per heavy atom. The molecule has 1 saturated heterocycles. The lowest BCUT2D eigenvalue weighted by atomic mass is 10.2. The Hall–Kier alpha value is -0.710. The molecule has 5 heteroatoms. The number of rotatable bonds is 4. The predicted octanol–water partition coefficient (Wildman–Crippen LogP) is 1.11. The van der Waals surface area contributed by atoms with Crippen LogP contribution in [0.5, 0.6) is 0 Å². The number of amides is 1. The fourth-order valence-electron chi connectivity index (χ4n) is 1.90. The third kappa shape index (κ3) is 2.76. The van der Waals surface area contributed by atoms with Crippen molar-refractivity contribution in [3.63, 3.8) is 0 Å². The smallest absolute Gasteiger partial charge is 0.234 e. The summed E-state index contributed by atoms with van der Waals surface area (Å²) < 4.78 is 0. The van der Waals surface area contributed by atoms with Crippen LogP contribution in [0.2, 0.25) is 5.02 Å². The minimum absolute atomic E-state index is 0.0798. The zero-order valence-corrected chi connectivity index (χ0v) is 11.3. The Bertz CT molecular complexity index is 413. The molecule has 92 valence electrons. The summed E-state index contributed by atoms with van der Waals surface area (Å²) in [4.78, 5) is 13.7. The van der Waals surface area contributed by atoms with Gasteiger partial charge in [-0.25, -0.2) is 0 Å². The highest BCUT2D eigenvalue weighted by atomic mass is 35.5. The molecule has 2 rings (SSSR count). The number of hydrogen-bond acceptors (Lipinski definition) is 2. The lowest BCUT2D eigenvalue weighted by Gasteiger charge is -2.23. The van der Waals surface area contributed by atoms with Gasteiger partial charge in [-0.05, 0) is 6.07 Å². The summed E-state index contributed by atoms with van der Waals surface area (Å²) in [7, 11) is 2.01. The Balaban J connectivity index is 2.19. The quantitative estimate of drug-likeness (QED) is 0.891. The van der Waals surface area contributed by atoms with Crippen LogP contribution in [0, 0.1) is 0 Å². The van der Waals surface area contributed by atoms with Gasteiger partial charge in [0.15, 0.2) is 0 Å². The van der Waals surface area contributed by atoms with Crippen LogP contribution in [-0.2, 0) is 4.79 Å². The average Bonchev–Trinajstić information content (AvgIpc) is 2.69. The zero-order chi connectivity index (χ0) is 12.3. The number of benzene rings is 1. The number of likely N-dealkylation sites (N-methyl/N-ethyl adjacent to an activating group) is 1. The van der Waals surface area contributed by atoms with E-state index in [-0.39, 0.29) is 11.3 Å². The van der Waals surface area contributed by atoms with Crippen molar-refractivity contribution in [2.75, 3.05) is 25.9 Å². The summed E-state index contributed by atoms with van der Waals surface area (Å²) in [6, 6.07) is 7.76. The molecule has 0 aliphatic carbocycles. The van der Waals surface area contributed by atoms with Gasteiger partial charge >= 0.3 is 0 Å². The second kappa shape index (κ2) is 5.76. The minimum Gasteiger partial charge on any atom is -0.347 e. The molecule has 1 fully saturated rings. The van der Waals surface area contributed by atoms with Gasteiger partial charge in [0, 0.05) is 10.6 Å². The number of nitrogens with zero attached hydrogens (tertiary/aromatic N) is 1. The van der Waals surface area contributed by atoms with Crippen molar-refractivity contribution in [1.82, 2.24) is 4.90 Å². The molecule has 1 amide bonds. The van der Waals surface area contributed by atoms with Gasteiger partial charge in [-0.2, -0.15) is 0 Å². The molecule has 0 radical (unpaired) electrons. The largest absolute Gasteiger partial charge is 0.347 e. The van der Waals surface area contributed by atoms with Crippen molar-refractivity contribution in [1.29, 1.82) is 0 Å². The van der Waals surface area contributed by atoms with Gasteiger partial charge in [0.2, 0.25) is 5.91 Å². The van der Waals surface area contributed by atoms with E-state index in [1.165, 1.54) is 0 Å². The van der Waals surface area contributed by atoms with Gasteiger partial charge in [-0.15, -0.1) is 11.8 Å².